The van der Waals surface area contributed by atoms with Crippen LogP contribution in [0.3, 0.4) is 0 Å². The molecule has 0 fully saturated rings. The van der Waals surface area contributed by atoms with Gasteiger partial charge in [-0.3, -0.25) is 33.6 Å². The van der Waals surface area contributed by atoms with Crippen molar-refractivity contribution in [2.24, 2.45) is 0 Å². The molecule has 0 radical (unpaired) electrons. The van der Waals surface area contributed by atoms with E-state index in [4.69, 9.17) is 13.9 Å². The van der Waals surface area contributed by atoms with Crippen LogP contribution in [0.5, 0.6) is 17.2 Å². The predicted molar refractivity (Wildman–Crippen MR) is 305 cm³/mol. The summed E-state index contributed by atoms with van der Waals surface area (Å²) in [4.78, 5) is 98.2. The van der Waals surface area contributed by atoms with Crippen LogP contribution in [0.15, 0.2) is 238 Å². The fourth-order valence-electron chi connectivity index (χ4n) is 8.51. The van der Waals surface area contributed by atoms with Gasteiger partial charge < -0.3 is 33.2 Å². The quantitative estimate of drug-likeness (QED) is 0.0641. The number of aromatic nitrogens is 2. The zero-order valence-electron chi connectivity index (χ0n) is 44.5. The zero-order chi connectivity index (χ0) is 57.7. The first-order chi connectivity index (χ1) is 39.1. The summed E-state index contributed by atoms with van der Waals surface area (Å²) in [6, 6.07) is 55.2. The number of carbonyl (C=O) groups is 5. The van der Waals surface area contributed by atoms with Crippen LogP contribution in [-0.4, -0.2) is 48.4 Å². The van der Waals surface area contributed by atoms with E-state index in [2.05, 4.69) is 0 Å². The van der Waals surface area contributed by atoms with E-state index in [0.717, 1.165) is 52.0 Å². The van der Waals surface area contributed by atoms with Crippen molar-refractivity contribution in [3.8, 4) is 17.2 Å². The highest BCUT2D eigenvalue weighted by Gasteiger charge is 2.26. The fraction of sp³-hybridized carbons (Fsp3) is 0.152. The molecule has 410 valence electrons. The van der Waals surface area contributed by atoms with Crippen LogP contribution in [0.25, 0.3) is 0 Å². The van der Waals surface area contributed by atoms with Gasteiger partial charge in [0.25, 0.3) is 0 Å². The Labute approximate surface area is 466 Å². The third-order valence-electron chi connectivity index (χ3n) is 12.8. The maximum atomic E-state index is 13.5. The number of carboxylic acids is 1. The van der Waals surface area contributed by atoms with Gasteiger partial charge in [-0.15, -0.1) is 0 Å². The Balaban J connectivity index is 0.000000184. The lowest BCUT2D eigenvalue weighted by Crippen LogP contribution is -2.27. The molecule has 0 saturated carbocycles. The first-order valence-corrected chi connectivity index (χ1v) is 25.8. The normalized spacial score (nSPS) is 11.3. The van der Waals surface area contributed by atoms with Gasteiger partial charge in [0.2, 0.25) is 22.0 Å². The second-order valence-corrected chi connectivity index (χ2v) is 18.8. The third kappa shape index (κ3) is 16.9. The van der Waals surface area contributed by atoms with Crippen LogP contribution in [0.4, 0.5) is 0 Å². The molecule has 0 spiro atoms. The molecule has 0 aliphatic rings. The second kappa shape index (κ2) is 28.9. The molecule has 0 bridgehead atoms. The molecular formula is C66H58N2O13. The van der Waals surface area contributed by atoms with Crippen LogP contribution >= 0.6 is 0 Å². The Morgan fingerprint density at radius 3 is 1.20 bits per heavy atom. The van der Waals surface area contributed by atoms with Crippen LogP contribution < -0.4 is 25.8 Å². The molecule has 0 amide bonds. The average Bonchev–Trinajstić information content (AvgIpc) is 3.59. The van der Waals surface area contributed by atoms with Gasteiger partial charge in [0, 0.05) is 38.1 Å². The largest absolute Gasteiger partial charge is 0.503 e. The summed E-state index contributed by atoms with van der Waals surface area (Å²) in [5.41, 5.74) is 2.96. The van der Waals surface area contributed by atoms with E-state index >= 15 is 0 Å². The molecule has 9 rings (SSSR count). The van der Waals surface area contributed by atoms with E-state index in [-0.39, 0.29) is 71.8 Å². The SMILES string of the molecule is CC(=O)c1cn([C@@H](Cc2ccccc2)C(=O)Cc2ccccc2)cc(OCc2ccccc2)c1=O.CC(=O)c1cocc(OCc2ccccc2)c1=O.O=C(O)c1cn([C@@H](Cc2ccccc2)C(=O)Cc2ccccc2)cc(O)c1=O. The Morgan fingerprint density at radius 2 is 0.790 bits per heavy atom. The van der Waals surface area contributed by atoms with Crippen molar-refractivity contribution in [1.82, 2.24) is 9.13 Å². The summed E-state index contributed by atoms with van der Waals surface area (Å²) in [5.74, 6) is -2.95. The molecule has 15 nitrogen and oxygen atoms in total. The Hall–Kier alpha value is -10.3. The van der Waals surface area contributed by atoms with Crippen molar-refractivity contribution < 1.29 is 48.1 Å². The highest BCUT2D eigenvalue weighted by molar-refractivity contribution is 5.95. The van der Waals surface area contributed by atoms with Gasteiger partial charge in [-0.2, -0.15) is 0 Å². The van der Waals surface area contributed by atoms with E-state index < -0.39 is 45.7 Å². The van der Waals surface area contributed by atoms with Gasteiger partial charge in [0.05, 0.1) is 30.0 Å². The summed E-state index contributed by atoms with van der Waals surface area (Å²) in [6.07, 6.45) is 8.71. The number of hydrogen-bond donors (Lipinski definition) is 2. The van der Waals surface area contributed by atoms with Gasteiger partial charge in [0.15, 0.2) is 34.6 Å². The Bertz CT molecular complexity index is 3750. The fourth-order valence-corrected chi connectivity index (χ4v) is 8.51. The van der Waals surface area contributed by atoms with Crippen molar-refractivity contribution >= 4 is 29.1 Å². The van der Waals surface area contributed by atoms with Crippen LogP contribution in [-0.2, 0) is 48.5 Å². The number of benzene rings is 6. The van der Waals surface area contributed by atoms with Gasteiger partial charge in [0.1, 0.15) is 36.9 Å². The topological polar surface area (TPSA) is 218 Å². The third-order valence-corrected chi connectivity index (χ3v) is 12.8. The standard InChI is InChI=1S/C30H27NO4.C22H19NO5.C14H12O4/c1-22(32)26-19-31(20-29(30(26)34)35-21-25-15-9-4-10-16-25)27(17-23-11-5-2-6-12-23)28(33)18-24-13-7-3-8-14-24;24-19(12-16-9-5-2-6-10-16)18(11-15-7-3-1-4-8-15)23-13-17(22(27)28)21(26)20(25)14-23;1-10(15)12-8-17-9-13(14(12)16)18-7-11-5-3-2-4-6-11/h2-16,19-20,27H,17-18,21H2,1H3;1-10,13-14,18,25H,11-12H2,(H,27,28);2-6,8-9H,7H2,1H3/t27-;18-;/m00./s1. The van der Waals surface area contributed by atoms with Crippen LogP contribution in [0, 0.1) is 0 Å². The van der Waals surface area contributed by atoms with Crippen LogP contribution in [0.2, 0.25) is 0 Å². The van der Waals surface area contributed by atoms with Crippen molar-refractivity contribution in [3.63, 3.8) is 0 Å². The van der Waals surface area contributed by atoms with Gasteiger partial charge in [-0.25, -0.2) is 4.79 Å². The summed E-state index contributed by atoms with van der Waals surface area (Å²) in [5, 5.41) is 19.2. The highest BCUT2D eigenvalue weighted by Crippen LogP contribution is 2.23. The first-order valence-electron chi connectivity index (χ1n) is 25.8. The molecule has 6 aromatic carbocycles. The number of ether oxygens (including phenoxy) is 2. The van der Waals surface area contributed by atoms with Gasteiger partial charge in [-0.1, -0.05) is 182 Å². The Kier molecular flexibility index (Phi) is 20.8. The number of hydrogen-bond acceptors (Lipinski definition) is 12. The molecule has 9 aromatic rings. The maximum Gasteiger partial charge on any atom is 0.341 e. The molecule has 3 aromatic heterocycles. The number of Topliss-reactive ketones (excluding diaryl/α,β-unsaturated/α-hetero) is 4. The number of aromatic carboxylic acids is 1. The minimum atomic E-state index is -1.45. The number of aromatic hydroxyl groups is 1. The number of carbonyl (C=O) groups excluding carboxylic acids is 4. The summed E-state index contributed by atoms with van der Waals surface area (Å²) in [6.45, 7) is 3.10. The van der Waals surface area contributed by atoms with Gasteiger partial charge >= 0.3 is 5.97 Å². The summed E-state index contributed by atoms with van der Waals surface area (Å²) < 4.78 is 19.1. The Morgan fingerprint density at radius 1 is 0.432 bits per heavy atom. The number of rotatable bonds is 21. The molecule has 2 N–H and O–H groups in total. The molecule has 0 saturated heterocycles. The zero-order valence-corrected chi connectivity index (χ0v) is 44.5. The smallest absolute Gasteiger partial charge is 0.341 e. The van der Waals surface area contributed by atoms with Crippen molar-refractivity contribution in [3.05, 3.63) is 300 Å². The first kappa shape index (κ1) is 58.4. The average molecular weight is 1090 g/mol. The van der Waals surface area contributed by atoms with E-state index in [9.17, 15) is 48.6 Å². The molecule has 3 heterocycles. The van der Waals surface area contributed by atoms with Crippen molar-refractivity contribution in [2.75, 3.05) is 0 Å². The minimum absolute atomic E-state index is 0.000520. The summed E-state index contributed by atoms with van der Waals surface area (Å²) >= 11 is 0. The number of nitrogens with zero attached hydrogens (tertiary/aromatic N) is 2. The monoisotopic (exact) mass is 1090 g/mol. The molecular weight excluding hydrogens is 1030 g/mol. The number of ketones is 4. The van der Waals surface area contributed by atoms with Crippen LogP contribution in [0.1, 0.15) is 90.4 Å². The molecule has 81 heavy (non-hydrogen) atoms. The molecule has 0 aliphatic heterocycles. The van der Waals surface area contributed by atoms with E-state index in [1.807, 2.05) is 182 Å². The molecule has 0 aliphatic carbocycles. The van der Waals surface area contributed by atoms with Crippen molar-refractivity contribution in [1.29, 1.82) is 0 Å². The molecule has 2 atom stereocenters. The lowest BCUT2D eigenvalue weighted by molar-refractivity contribution is -0.122. The summed E-state index contributed by atoms with van der Waals surface area (Å²) in [7, 11) is 0. The van der Waals surface area contributed by atoms with Crippen molar-refractivity contribution in [2.45, 2.75) is 64.8 Å². The maximum absolute atomic E-state index is 13.5. The minimum Gasteiger partial charge on any atom is -0.503 e. The highest BCUT2D eigenvalue weighted by atomic mass is 16.5. The van der Waals surface area contributed by atoms with E-state index in [1.54, 1.807) is 10.8 Å². The van der Waals surface area contributed by atoms with Gasteiger partial charge in [-0.05, 0) is 47.2 Å². The molecule has 15 heteroatoms. The predicted octanol–water partition coefficient (Wildman–Crippen LogP) is 10.5. The number of pyridine rings is 2. The second-order valence-electron chi connectivity index (χ2n) is 18.8. The van der Waals surface area contributed by atoms with E-state index in [1.165, 1.54) is 30.9 Å². The lowest BCUT2D eigenvalue weighted by atomic mass is 9.97. The number of carboxylic acid groups (broad SMARTS) is 1. The molecule has 0 unspecified atom stereocenters. The lowest BCUT2D eigenvalue weighted by Gasteiger charge is -2.22. The van der Waals surface area contributed by atoms with E-state index in [0.29, 0.717) is 12.8 Å².